The molecule has 8 heteroatoms. The maximum atomic E-state index is 13.7. The number of halogens is 2. The smallest absolute Gasteiger partial charge is 0.260 e. The molecule has 28 heavy (non-hydrogen) atoms. The molecule has 3 aromatic rings. The number of hydrogen-bond donors (Lipinski definition) is 2. The Kier molecular flexibility index (Phi) is 4.85. The summed E-state index contributed by atoms with van der Waals surface area (Å²) >= 11 is 0. The van der Waals surface area contributed by atoms with Gasteiger partial charge in [0.2, 0.25) is 0 Å². The van der Waals surface area contributed by atoms with Gasteiger partial charge in [-0.05, 0) is 31.0 Å². The van der Waals surface area contributed by atoms with Gasteiger partial charge in [-0.3, -0.25) is 4.79 Å². The predicted octanol–water partition coefficient (Wildman–Crippen LogP) is 4.08. The van der Waals surface area contributed by atoms with E-state index in [1.54, 1.807) is 12.1 Å². The third kappa shape index (κ3) is 3.49. The average molecular weight is 386 g/mol. The van der Waals surface area contributed by atoms with Gasteiger partial charge in [-0.2, -0.15) is 5.10 Å². The molecule has 0 aliphatic carbocycles. The SMILES string of the molecule is Cc1ccc(C2CC(C(F)F)n3ncc(C(=O)NCc4ccco4)c3N2)cc1. The zero-order valence-corrected chi connectivity index (χ0v) is 15.2. The normalized spacial score (nSPS) is 18.6. The second-order valence-corrected chi connectivity index (χ2v) is 6.86. The number of fused-ring (bicyclic) bond motifs is 1. The summed E-state index contributed by atoms with van der Waals surface area (Å²) < 4.78 is 33.8. The van der Waals surface area contributed by atoms with Gasteiger partial charge in [0.15, 0.2) is 0 Å². The van der Waals surface area contributed by atoms with E-state index >= 15 is 0 Å². The van der Waals surface area contributed by atoms with E-state index in [1.165, 1.54) is 17.1 Å². The number of amides is 1. The van der Waals surface area contributed by atoms with Crippen molar-refractivity contribution < 1.29 is 18.0 Å². The van der Waals surface area contributed by atoms with Crippen LogP contribution in [0.15, 0.2) is 53.3 Å². The fourth-order valence-corrected chi connectivity index (χ4v) is 3.39. The number of rotatable bonds is 5. The Morgan fingerprint density at radius 3 is 2.82 bits per heavy atom. The fourth-order valence-electron chi connectivity index (χ4n) is 3.39. The first-order valence-electron chi connectivity index (χ1n) is 9.02. The van der Waals surface area contributed by atoms with E-state index in [-0.39, 0.29) is 24.6 Å². The van der Waals surface area contributed by atoms with Crippen molar-refractivity contribution in [1.29, 1.82) is 0 Å². The molecule has 0 saturated carbocycles. The molecule has 1 amide bonds. The van der Waals surface area contributed by atoms with Crippen molar-refractivity contribution in [1.82, 2.24) is 15.1 Å². The van der Waals surface area contributed by atoms with Gasteiger partial charge in [0.1, 0.15) is 23.2 Å². The lowest BCUT2D eigenvalue weighted by Gasteiger charge is -2.32. The predicted molar refractivity (Wildman–Crippen MR) is 99.3 cm³/mol. The Morgan fingerprint density at radius 2 is 2.14 bits per heavy atom. The Labute approximate surface area is 160 Å². The number of carbonyl (C=O) groups is 1. The van der Waals surface area contributed by atoms with E-state index in [2.05, 4.69) is 15.7 Å². The van der Waals surface area contributed by atoms with Crippen LogP contribution < -0.4 is 10.6 Å². The number of carbonyl (C=O) groups excluding carboxylic acids is 1. The van der Waals surface area contributed by atoms with Crippen LogP contribution in [0, 0.1) is 6.92 Å². The van der Waals surface area contributed by atoms with Crippen molar-refractivity contribution in [2.45, 2.75) is 38.4 Å². The molecule has 1 aliphatic heterocycles. The van der Waals surface area contributed by atoms with Crippen molar-refractivity contribution in [3.05, 3.63) is 71.3 Å². The summed E-state index contributed by atoms with van der Waals surface area (Å²) in [6.45, 7) is 2.17. The van der Waals surface area contributed by atoms with Gasteiger partial charge in [-0.25, -0.2) is 13.5 Å². The number of nitrogens with one attached hydrogen (secondary N) is 2. The standard InChI is InChI=1S/C20H20F2N4O2/c1-12-4-6-13(7-5-12)16-9-17(18(21)22)26-19(25-16)15(11-24-26)20(27)23-10-14-3-2-8-28-14/h2-8,11,16-18,25H,9-10H2,1H3,(H,23,27). The van der Waals surface area contributed by atoms with Crippen molar-refractivity contribution in [3.63, 3.8) is 0 Å². The molecule has 0 spiro atoms. The number of aromatic nitrogens is 2. The van der Waals surface area contributed by atoms with Crippen molar-refractivity contribution in [2.75, 3.05) is 5.32 Å². The topological polar surface area (TPSA) is 72.1 Å². The van der Waals surface area contributed by atoms with Gasteiger partial charge in [-0.1, -0.05) is 29.8 Å². The molecule has 0 saturated heterocycles. The van der Waals surface area contributed by atoms with Gasteiger partial charge in [0.05, 0.1) is 25.0 Å². The zero-order chi connectivity index (χ0) is 19.7. The average Bonchev–Trinajstić information content (AvgIpc) is 3.35. The summed E-state index contributed by atoms with van der Waals surface area (Å²) in [6.07, 6.45) is 0.438. The van der Waals surface area contributed by atoms with Crippen LogP contribution >= 0.6 is 0 Å². The molecule has 6 nitrogen and oxygen atoms in total. The summed E-state index contributed by atoms with van der Waals surface area (Å²) in [5.74, 6) is 0.507. The van der Waals surface area contributed by atoms with Crippen LogP contribution in [0.25, 0.3) is 0 Å². The van der Waals surface area contributed by atoms with Crippen LogP contribution in [0.5, 0.6) is 0 Å². The van der Waals surface area contributed by atoms with Crippen LogP contribution in [-0.2, 0) is 6.54 Å². The minimum absolute atomic E-state index is 0.183. The van der Waals surface area contributed by atoms with E-state index in [1.807, 2.05) is 31.2 Å². The lowest BCUT2D eigenvalue weighted by molar-refractivity contribution is 0.0656. The van der Waals surface area contributed by atoms with Crippen LogP contribution in [0.2, 0.25) is 0 Å². The van der Waals surface area contributed by atoms with E-state index in [0.29, 0.717) is 11.6 Å². The first-order valence-corrected chi connectivity index (χ1v) is 9.02. The summed E-state index contributed by atoms with van der Waals surface area (Å²) in [6, 6.07) is 9.75. The molecule has 4 rings (SSSR count). The quantitative estimate of drug-likeness (QED) is 0.693. The number of furan rings is 1. The number of hydrogen-bond acceptors (Lipinski definition) is 4. The molecule has 3 heterocycles. The zero-order valence-electron chi connectivity index (χ0n) is 15.2. The molecule has 146 valence electrons. The number of aryl methyl sites for hydroxylation is 1. The monoisotopic (exact) mass is 386 g/mol. The van der Waals surface area contributed by atoms with Gasteiger partial charge >= 0.3 is 0 Å². The molecule has 2 aromatic heterocycles. The molecule has 2 atom stereocenters. The molecular formula is C20H20F2N4O2. The van der Waals surface area contributed by atoms with Gasteiger partial charge in [-0.15, -0.1) is 0 Å². The maximum Gasteiger partial charge on any atom is 0.260 e. The van der Waals surface area contributed by atoms with Gasteiger partial charge in [0, 0.05) is 0 Å². The molecule has 0 radical (unpaired) electrons. The molecular weight excluding hydrogens is 366 g/mol. The van der Waals surface area contributed by atoms with Crippen molar-refractivity contribution in [2.24, 2.45) is 0 Å². The van der Waals surface area contributed by atoms with Gasteiger partial charge in [0.25, 0.3) is 12.3 Å². The first kappa shape index (κ1) is 18.2. The number of benzene rings is 1. The highest BCUT2D eigenvalue weighted by Gasteiger charge is 2.36. The van der Waals surface area contributed by atoms with Crippen LogP contribution in [0.1, 0.15) is 45.7 Å². The Morgan fingerprint density at radius 1 is 1.36 bits per heavy atom. The Bertz CT molecular complexity index is 951. The number of nitrogens with zero attached hydrogens (tertiary/aromatic N) is 2. The molecule has 1 aliphatic rings. The van der Waals surface area contributed by atoms with Crippen LogP contribution in [0.3, 0.4) is 0 Å². The summed E-state index contributed by atoms with van der Waals surface area (Å²) in [7, 11) is 0. The maximum absolute atomic E-state index is 13.7. The minimum atomic E-state index is -2.59. The molecule has 0 fully saturated rings. The van der Waals surface area contributed by atoms with Crippen LogP contribution in [0.4, 0.5) is 14.6 Å². The second-order valence-electron chi connectivity index (χ2n) is 6.86. The van der Waals surface area contributed by atoms with E-state index in [4.69, 9.17) is 4.42 Å². The van der Waals surface area contributed by atoms with Crippen LogP contribution in [-0.4, -0.2) is 22.1 Å². The highest BCUT2D eigenvalue weighted by Crippen LogP contribution is 2.39. The third-order valence-corrected chi connectivity index (χ3v) is 4.92. The molecule has 2 N–H and O–H groups in total. The Balaban J connectivity index is 1.60. The third-order valence-electron chi connectivity index (χ3n) is 4.92. The van der Waals surface area contributed by atoms with Crippen molar-refractivity contribution in [3.8, 4) is 0 Å². The van der Waals surface area contributed by atoms with E-state index < -0.39 is 18.4 Å². The summed E-state index contributed by atoms with van der Waals surface area (Å²) in [5.41, 5.74) is 2.22. The molecule has 2 unspecified atom stereocenters. The first-order chi connectivity index (χ1) is 13.5. The van der Waals surface area contributed by atoms with E-state index in [9.17, 15) is 13.6 Å². The minimum Gasteiger partial charge on any atom is -0.467 e. The summed E-state index contributed by atoms with van der Waals surface area (Å²) in [5, 5.41) is 10.0. The van der Waals surface area contributed by atoms with Gasteiger partial charge < -0.3 is 15.1 Å². The fraction of sp³-hybridized carbons (Fsp3) is 0.300. The lowest BCUT2D eigenvalue weighted by Crippen LogP contribution is -2.32. The molecule has 0 bridgehead atoms. The van der Waals surface area contributed by atoms with Crippen molar-refractivity contribution >= 4 is 11.7 Å². The Hall–Kier alpha value is -3.16. The van der Waals surface area contributed by atoms with E-state index in [0.717, 1.165) is 11.1 Å². The second kappa shape index (κ2) is 7.46. The highest BCUT2D eigenvalue weighted by molar-refractivity contribution is 5.98. The summed E-state index contributed by atoms with van der Waals surface area (Å²) in [4.78, 5) is 12.6. The largest absolute Gasteiger partial charge is 0.467 e. The molecule has 1 aromatic carbocycles. The number of alkyl halides is 2. The lowest BCUT2D eigenvalue weighted by atomic mass is 9.96. The number of anilines is 1. The highest BCUT2D eigenvalue weighted by atomic mass is 19.3.